The molecule has 7 heterocycles. The molecule has 41 heteroatoms. The summed E-state index contributed by atoms with van der Waals surface area (Å²) in [5.74, 6) is -3.40. The number of hydrogen-bond acceptors (Lipinski definition) is 27. The molecule has 36 nitrogen and oxygen atoms in total. The number of nitrogens with zero attached hydrogens (tertiary/aromatic N) is 18. The highest BCUT2D eigenvalue weighted by Gasteiger charge is 2.31. The zero-order chi connectivity index (χ0) is 105. The van der Waals surface area contributed by atoms with E-state index < -0.39 is 63.4 Å². The molecule has 0 aliphatic carbocycles. The molecule has 0 saturated carbocycles. The summed E-state index contributed by atoms with van der Waals surface area (Å²) in [4.78, 5) is 109. The van der Waals surface area contributed by atoms with Crippen LogP contribution in [0.3, 0.4) is 0 Å². The van der Waals surface area contributed by atoms with Gasteiger partial charge in [0.25, 0.3) is 5.91 Å². The molecule has 0 saturated heterocycles. The molecule has 0 fully saturated rings. The van der Waals surface area contributed by atoms with E-state index in [0.29, 0.717) is 90.7 Å². The Labute approximate surface area is 879 Å². The van der Waals surface area contributed by atoms with Crippen LogP contribution in [-0.2, 0) is 99.6 Å². The zero-order valence-electron chi connectivity index (χ0n) is 80.0. The molecule has 4 atom stereocenters. The number of Topliss-reactive ketones (excluding diaryl/α,β-unsaturated/α-hetero) is 4. The van der Waals surface area contributed by atoms with Crippen LogP contribution in [0.4, 0.5) is 5.69 Å². The minimum Gasteiger partial charge on any atom is -0.508 e. The van der Waals surface area contributed by atoms with Crippen LogP contribution in [-0.4, -0.2) is 193 Å². The molecular weight excluding hydrogens is 2010 g/mol. The lowest BCUT2D eigenvalue weighted by atomic mass is 9.96. The fraction of sp³-hybridized carbons (Fsp3) is 0.138. The van der Waals surface area contributed by atoms with Gasteiger partial charge in [0, 0.05) is 97.2 Å². The number of benzene rings is 11. The molecule has 17 aromatic rings. The van der Waals surface area contributed by atoms with E-state index in [4.69, 9.17) is 51.1 Å². The SMILES string of the molecule is C=C(O)c1ccc(CC(=O)[C@H](Cc2ccccc2)NC(=O)CS(=O)(=O)c2cc(Cl)ccc2-n2cnnn2)cc1.C=C1C=Cc2cc(CC(=O)[C@H](Cc3ccccc3)NC(=O)/C=C/c3cc(Cl)ccc3-n3cnnn3)ccc2N1.Cc1ccc(CC(=O)[C@H](Cc2ccccc2)NC(=O)COc2cc(Cl)ccc2-n2cnnn2)cc1.O=C(/C=C/c1cc(Cl)ccc1-n1cnnn1)N[C@@H](Cc1ccccc1)C(=O)Cc1[nH]nc2ncccc12. The van der Waals surface area contributed by atoms with Crippen molar-refractivity contribution >= 4 is 144 Å². The van der Waals surface area contributed by atoms with Crippen molar-refractivity contribution in [1.29, 1.82) is 0 Å². The van der Waals surface area contributed by atoms with Crippen LogP contribution in [0.25, 0.3) is 57.8 Å². The lowest BCUT2D eigenvalue weighted by Gasteiger charge is -2.19. The second-order valence-electron chi connectivity index (χ2n) is 34.2. The van der Waals surface area contributed by atoms with Gasteiger partial charge in [-0.1, -0.05) is 247 Å². The average Bonchev–Trinajstić information content (AvgIpc) is 0.941. The van der Waals surface area contributed by atoms with Crippen LogP contribution < -0.4 is 31.3 Å². The van der Waals surface area contributed by atoms with Crippen LogP contribution >= 0.6 is 46.4 Å². The molecule has 0 unspecified atom stereocenters. The maximum absolute atomic E-state index is 13.5. The number of aryl methyl sites for hydroxylation is 1. The van der Waals surface area contributed by atoms with Gasteiger partial charge in [0.05, 0.1) is 58.2 Å². The van der Waals surface area contributed by atoms with E-state index in [9.17, 15) is 51.9 Å². The number of anilines is 1. The van der Waals surface area contributed by atoms with Gasteiger partial charge in [-0.05, 0) is 228 Å². The highest BCUT2D eigenvalue weighted by molar-refractivity contribution is 7.92. The maximum Gasteiger partial charge on any atom is 0.258 e. The van der Waals surface area contributed by atoms with Gasteiger partial charge in [0.2, 0.25) is 17.7 Å². The lowest BCUT2D eigenvalue weighted by molar-refractivity contribution is -0.128. The Hall–Kier alpha value is -17.9. The number of aromatic nitrogens is 19. The van der Waals surface area contributed by atoms with Crippen molar-refractivity contribution in [3.63, 3.8) is 0 Å². The minimum absolute atomic E-state index is 0.0134. The van der Waals surface area contributed by atoms with Crippen LogP contribution in [0.5, 0.6) is 5.75 Å². The predicted octanol–water partition coefficient (Wildman–Crippen LogP) is 14.7. The Bertz CT molecular complexity index is 7860. The van der Waals surface area contributed by atoms with Crippen molar-refractivity contribution in [2.45, 2.75) is 87.4 Å². The molecule has 6 aromatic heterocycles. The van der Waals surface area contributed by atoms with E-state index in [0.717, 1.165) is 66.0 Å². The second-order valence-corrected chi connectivity index (χ2v) is 37.9. The van der Waals surface area contributed by atoms with Crippen LogP contribution in [0.2, 0.25) is 20.1 Å². The summed E-state index contributed by atoms with van der Waals surface area (Å²) in [6, 6.07) is 78.0. The number of aromatic amines is 1. The normalized spacial score (nSPS) is 12.2. The average molecular weight is 2110 g/mol. The van der Waals surface area contributed by atoms with Crippen molar-refractivity contribution in [1.82, 2.24) is 117 Å². The largest absolute Gasteiger partial charge is 0.508 e. The van der Waals surface area contributed by atoms with E-state index in [-0.39, 0.29) is 83.2 Å². The number of aliphatic hydroxyl groups excluding tert-OH is 1. The number of carbonyl (C=O) groups excluding carboxylic acids is 8. The summed E-state index contributed by atoms with van der Waals surface area (Å²) < 4.78 is 37.8. The first-order valence-electron chi connectivity index (χ1n) is 46.5. The summed E-state index contributed by atoms with van der Waals surface area (Å²) in [7, 11) is -4.21. The van der Waals surface area contributed by atoms with E-state index >= 15 is 0 Å². The maximum atomic E-state index is 13.5. The molecule has 0 spiro atoms. The number of pyridine rings is 1. The minimum atomic E-state index is -4.21. The van der Waals surface area contributed by atoms with Crippen molar-refractivity contribution in [3.05, 3.63) is 434 Å². The standard InChI is InChI=1S/C30H25ClN6O2.C27H24ClN5O5S.C26H21ClN8O2.C26H24ClN5O3/c1-20-7-9-23-15-22(8-12-26(23)33-20)17-29(38)27(16-21-5-3-2-4-6-21)34-30(39)14-10-24-18-25(31)11-13-28(24)37-19-32-35-36-37;1-18(34)21-9-7-20(8-10-21)14-25(35)23(13-19-5-3-2-4-6-19)30-27(36)16-39(37,38)26-15-22(28)11-12-24(26)33-17-29-31-32-33;27-19-9-10-23(35-16-29-33-34-35)18(14-19)8-11-25(37)30-22(13-17-5-2-1-3-6-17)24(36)15-21-20-7-4-12-28-26(20)32-31-21;1-18-7-9-20(10-8-18)14-24(33)22(13-19-5-3-2-4-6-19)29-26(34)16-35-25-15-21(27)11-12-23(25)32-17-28-30-31-32/h2-15,18-19,27,33H,1,16-17H2,(H,34,39);2-12,15,17,23,34H,1,13-14,16H2,(H,30,36);1-12,14,16,22H,13,15H2,(H,30,37)(H,28,31,32);2-12,15,17,22H,13-14,16H2,1H3,(H,29,34)/b14-10+;;11-8+;/t27-;23-;2*22-/m0000/s1. The Kier molecular flexibility index (Phi) is 36.7. The molecule has 4 amide bonds. The molecule has 0 radical (unpaired) electrons. The quantitative estimate of drug-likeness (QED) is 0.0139. The van der Waals surface area contributed by atoms with Crippen molar-refractivity contribution in [3.8, 4) is 28.5 Å². The first kappa shape index (κ1) is 106. The molecule has 0 bridgehead atoms. The van der Waals surface area contributed by atoms with Gasteiger partial charge in [-0.3, -0.25) is 43.5 Å². The number of aliphatic hydroxyl groups is 1. The van der Waals surface area contributed by atoms with Crippen molar-refractivity contribution in [2.24, 2.45) is 0 Å². The monoisotopic (exact) mass is 2100 g/mol. The van der Waals surface area contributed by atoms with Gasteiger partial charge in [0.1, 0.15) is 48.3 Å². The number of ether oxygens (including phenoxy) is 1. The van der Waals surface area contributed by atoms with E-state index in [2.05, 4.69) is 117 Å². The number of allylic oxidation sites excluding steroid dienone is 1. The smallest absolute Gasteiger partial charge is 0.258 e. The summed E-state index contributed by atoms with van der Waals surface area (Å²) in [6.07, 6.45) is 18.7. The predicted molar refractivity (Wildman–Crippen MR) is 567 cm³/mol. The summed E-state index contributed by atoms with van der Waals surface area (Å²) >= 11 is 24.5. The van der Waals surface area contributed by atoms with Gasteiger partial charge >= 0.3 is 0 Å². The van der Waals surface area contributed by atoms with Crippen LogP contribution in [0.15, 0.2) is 346 Å². The summed E-state index contributed by atoms with van der Waals surface area (Å²) in [5.41, 5.74) is 14.9. The fourth-order valence-electron chi connectivity index (χ4n) is 15.8. The Balaban J connectivity index is 0.000000150. The lowest BCUT2D eigenvalue weighted by Crippen LogP contribution is -2.45. The van der Waals surface area contributed by atoms with E-state index in [1.54, 1.807) is 103 Å². The topological polar surface area (TPSA) is 476 Å². The van der Waals surface area contributed by atoms with Gasteiger partial charge in [-0.2, -0.15) is 23.8 Å². The molecule has 18 rings (SSSR count). The number of amides is 4. The number of carbonyl (C=O) groups is 8. The molecule has 756 valence electrons. The molecule has 11 aromatic carbocycles. The van der Waals surface area contributed by atoms with Gasteiger partial charge < -0.3 is 36.4 Å². The van der Waals surface area contributed by atoms with Crippen LogP contribution in [0.1, 0.15) is 72.5 Å². The van der Waals surface area contributed by atoms with E-state index in [1.807, 2.05) is 189 Å². The first-order chi connectivity index (χ1) is 72.6. The third-order valence-corrected chi connectivity index (χ3v) is 25.8. The van der Waals surface area contributed by atoms with Gasteiger partial charge in [-0.25, -0.2) is 13.4 Å². The first-order valence-corrected chi connectivity index (χ1v) is 49.6. The van der Waals surface area contributed by atoms with Crippen molar-refractivity contribution < 1.29 is 56.6 Å². The zero-order valence-corrected chi connectivity index (χ0v) is 83.9. The number of tetrazole rings is 4. The second kappa shape index (κ2) is 51.7. The third kappa shape index (κ3) is 30.6. The highest BCUT2D eigenvalue weighted by Crippen LogP contribution is 2.31. The van der Waals surface area contributed by atoms with Crippen LogP contribution in [0, 0.1) is 6.92 Å². The summed E-state index contributed by atoms with van der Waals surface area (Å²) in [6.45, 7) is 9.08. The number of sulfone groups is 1. The molecule has 1 aliphatic heterocycles. The van der Waals surface area contributed by atoms with Crippen molar-refractivity contribution in [2.75, 3.05) is 17.7 Å². The number of H-pyrrole nitrogens is 1. The third-order valence-electron chi connectivity index (χ3n) is 23.2. The number of halogens is 4. The Morgan fingerprint density at radius 2 is 0.853 bits per heavy atom. The molecule has 7 N–H and O–H groups in total. The Morgan fingerprint density at radius 3 is 1.33 bits per heavy atom. The fourth-order valence-corrected chi connectivity index (χ4v) is 17.9. The van der Waals surface area contributed by atoms with Gasteiger partial charge in [-0.15, -0.1) is 20.4 Å². The Morgan fingerprint density at radius 1 is 0.440 bits per heavy atom. The highest BCUT2D eigenvalue weighted by atomic mass is 35.5. The number of ketones is 4. The number of nitrogens with one attached hydrogen (secondary N) is 6. The number of fused-ring (bicyclic) bond motifs is 2. The van der Waals surface area contributed by atoms with E-state index in [1.165, 1.54) is 69.7 Å². The summed E-state index contributed by atoms with van der Waals surface area (Å²) in [5, 5.41) is 77.7. The number of hydrogen-bond donors (Lipinski definition) is 7. The van der Waals surface area contributed by atoms with Gasteiger partial charge in [0.15, 0.2) is 45.2 Å². The molecule has 150 heavy (non-hydrogen) atoms. The molecular formula is C109H94Cl4N24O12S. The molecule has 1 aliphatic rings. The number of rotatable bonds is 39.